The summed E-state index contributed by atoms with van der Waals surface area (Å²) in [5.74, 6) is -1.95. The summed E-state index contributed by atoms with van der Waals surface area (Å²) in [5, 5.41) is 9.61. The van der Waals surface area contributed by atoms with E-state index in [1.54, 1.807) is 48.5 Å². The molecule has 0 spiro atoms. The van der Waals surface area contributed by atoms with Crippen molar-refractivity contribution in [1.82, 2.24) is 10.2 Å². The van der Waals surface area contributed by atoms with Gasteiger partial charge in [0, 0.05) is 11.3 Å². The number of nitrogens with one attached hydrogen (secondary N) is 2. The third-order valence-electron chi connectivity index (χ3n) is 5.86. The number of H-pyrrole nitrogens is 1. The van der Waals surface area contributed by atoms with E-state index in [1.165, 1.54) is 12.1 Å². The number of hydrogen-bond acceptors (Lipinski definition) is 3. The minimum Gasteiger partial charge on any atom is -0.382 e. The molecule has 1 heterocycles. The number of amides is 2. The number of nitrogen functional groups attached to an aromatic ring is 1. The first-order chi connectivity index (χ1) is 18.1. The van der Waals surface area contributed by atoms with E-state index in [-0.39, 0.29) is 22.8 Å². The van der Waals surface area contributed by atoms with Gasteiger partial charge < -0.3 is 11.1 Å². The second-order valence-corrected chi connectivity index (χ2v) is 8.29. The molecule has 4 N–H and O–H groups in total. The van der Waals surface area contributed by atoms with Crippen LogP contribution in [-0.4, -0.2) is 16.2 Å². The Morgan fingerprint density at radius 2 is 1.61 bits per heavy atom. The van der Waals surface area contributed by atoms with Crippen molar-refractivity contribution in [1.29, 1.82) is 0 Å². The van der Waals surface area contributed by atoms with Crippen LogP contribution in [0, 0.1) is 11.6 Å². The van der Waals surface area contributed by atoms with Gasteiger partial charge in [0.1, 0.15) is 11.6 Å². The molecule has 11 heteroatoms. The smallest absolute Gasteiger partial charge is 0.382 e. The highest BCUT2D eigenvalue weighted by Crippen LogP contribution is 2.37. The van der Waals surface area contributed by atoms with Crippen molar-refractivity contribution in [3.05, 3.63) is 102 Å². The van der Waals surface area contributed by atoms with Gasteiger partial charge in [0.05, 0.1) is 27.8 Å². The van der Waals surface area contributed by atoms with E-state index in [4.69, 9.17) is 5.73 Å². The largest absolute Gasteiger partial charge is 0.419 e. The molecule has 0 unspecified atom stereocenters. The van der Waals surface area contributed by atoms with Crippen molar-refractivity contribution >= 4 is 39.8 Å². The van der Waals surface area contributed by atoms with Gasteiger partial charge in [0.2, 0.25) is 0 Å². The number of halogens is 5. The summed E-state index contributed by atoms with van der Waals surface area (Å²) in [6.07, 6.45) is -4.95. The molecule has 0 atom stereocenters. The summed E-state index contributed by atoms with van der Waals surface area (Å²) in [6.45, 7) is 0. The van der Waals surface area contributed by atoms with Crippen LogP contribution < -0.4 is 16.0 Å². The van der Waals surface area contributed by atoms with Gasteiger partial charge in [0.15, 0.2) is 5.82 Å². The third kappa shape index (κ3) is 4.61. The molecule has 5 rings (SSSR count). The third-order valence-corrected chi connectivity index (χ3v) is 5.86. The summed E-state index contributed by atoms with van der Waals surface area (Å²) in [4.78, 5) is 14.4. The summed E-state index contributed by atoms with van der Waals surface area (Å²) in [7, 11) is 0. The lowest BCUT2D eigenvalue weighted by Crippen LogP contribution is -2.31. The van der Waals surface area contributed by atoms with Crippen molar-refractivity contribution < 1.29 is 26.7 Å². The minimum atomic E-state index is -4.95. The second-order valence-electron chi connectivity index (χ2n) is 8.29. The number of nitrogens with zero attached hydrogens (tertiary/aromatic N) is 2. The van der Waals surface area contributed by atoms with E-state index in [2.05, 4.69) is 15.5 Å². The maximum absolute atomic E-state index is 15.5. The number of hydrogen-bond donors (Lipinski definition) is 3. The van der Waals surface area contributed by atoms with Crippen LogP contribution in [0.2, 0.25) is 0 Å². The Bertz CT molecular complexity index is 1650. The van der Waals surface area contributed by atoms with Crippen LogP contribution >= 0.6 is 0 Å². The number of para-hydroxylation sites is 1. The molecular formula is C27H18F5N5O. The van der Waals surface area contributed by atoms with Gasteiger partial charge in [-0.1, -0.05) is 30.3 Å². The van der Waals surface area contributed by atoms with Crippen molar-refractivity contribution in [3.8, 4) is 11.1 Å². The van der Waals surface area contributed by atoms with E-state index in [9.17, 15) is 22.4 Å². The fraction of sp³-hybridized carbons (Fsp3) is 0.0370. The predicted molar refractivity (Wildman–Crippen MR) is 135 cm³/mol. The van der Waals surface area contributed by atoms with Gasteiger partial charge in [-0.05, 0) is 60.2 Å². The zero-order valence-corrected chi connectivity index (χ0v) is 19.4. The van der Waals surface area contributed by atoms with Crippen LogP contribution in [-0.2, 0) is 6.18 Å². The van der Waals surface area contributed by atoms with Crippen LogP contribution in [0.15, 0.2) is 84.9 Å². The molecule has 0 fully saturated rings. The molecule has 0 saturated carbocycles. The topological polar surface area (TPSA) is 87.0 Å². The summed E-state index contributed by atoms with van der Waals surface area (Å²) < 4.78 is 68.7. The van der Waals surface area contributed by atoms with Gasteiger partial charge in [-0.15, -0.1) is 0 Å². The molecule has 0 bridgehead atoms. The quantitative estimate of drug-likeness (QED) is 0.214. The van der Waals surface area contributed by atoms with Crippen LogP contribution in [0.4, 0.5) is 49.6 Å². The first kappa shape index (κ1) is 24.8. The standard InChI is InChI=1S/C27H18F5N5O/c28-21-12-9-15(13-20(21)27(30,31)32)34-26(38)37(16-5-2-1-3-6-16)17-10-11-18(22(29)14-17)19-7-4-8-23-24(19)25(33)36-35-23/h1-14H,(H,34,38)(H3,33,35,36). The lowest BCUT2D eigenvalue weighted by Gasteiger charge is -2.24. The van der Waals surface area contributed by atoms with E-state index in [1.807, 2.05) is 0 Å². The second kappa shape index (κ2) is 9.51. The van der Waals surface area contributed by atoms with Crippen molar-refractivity contribution in [2.75, 3.05) is 16.0 Å². The normalized spacial score (nSPS) is 11.5. The number of urea groups is 1. The number of aromatic amines is 1. The Labute approximate surface area is 212 Å². The van der Waals surface area contributed by atoms with Crippen LogP contribution in [0.3, 0.4) is 0 Å². The Kier molecular flexibility index (Phi) is 6.19. The number of benzene rings is 4. The molecule has 0 radical (unpaired) electrons. The maximum Gasteiger partial charge on any atom is 0.419 e. The Morgan fingerprint density at radius 3 is 2.32 bits per heavy atom. The van der Waals surface area contributed by atoms with Crippen LogP contribution in [0.25, 0.3) is 22.0 Å². The van der Waals surface area contributed by atoms with Crippen LogP contribution in [0.5, 0.6) is 0 Å². The van der Waals surface area contributed by atoms with E-state index in [0.717, 1.165) is 17.0 Å². The summed E-state index contributed by atoms with van der Waals surface area (Å²) in [6, 6.07) is 18.6. The molecule has 5 aromatic rings. The fourth-order valence-electron chi connectivity index (χ4n) is 4.14. The molecule has 0 aliphatic rings. The highest BCUT2D eigenvalue weighted by Gasteiger charge is 2.34. The van der Waals surface area contributed by atoms with Crippen molar-refractivity contribution in [2.45, 2.75) is 6.18 Å². The average Bonchev–Trinajstić information content (AvgIpc) is 3.26. The number of fused-ring (bicyclic) bond motifs is 1. The highest BCUT2D eigenvalue weighted by atomic mass is 19.4. The molecule has 0 aliphatic heterocycles. The van der Waals surface area contributed by atoms with E-state index in [0.29, 0.717) is 34.3 Å². The number of carbonyl (C=O) groups is 1. The van der Waals surface area contributed by atoms with E-state index >= 15 is 4.39 Å². The Hall–Kier alpha value is -4.93. The lowest BCUT2D eigenvalue weighted by molar-refractivity contribution is -0.139. The van der Waals surface area contributed by atoms with E-state index < -0.39 is 29.4 Å². The first-order valence-corrected chi connectivity index (χ1v) is 11.2. The van der Waals surface area contributed by atoms with Crippen molar-refractivity contribution in [2.24, 2.45) is 0 Å². The number of aromatic nitrogens is 2. The maximum atomic E-state index is 15.5. The molecule has 38 heavy (non-hydrogen) atoms. The SMILES string of the molecule is Nc1n[nH]c2cccc(-c3ccc(N(C(=O)Nc4ccc(F)c(C(F)(F)F)c4)c4ccccc4)cc3F)c12. The van der Waals surface area contributed by atoms with Gasteiger partial charge in [0.25, 0.3) is 0 Å². The van der Waals surface area contributed by atoms with Gasteiger partial charge in [-0.3, -0.25) is 10.00 Å². The molecule has 0 aliphatic carbocycles. The summed E-state index contributed by atoms with van der Waals surface area (Å²) >= 11 is 0. The zero-order chi connectivity index (χ0) is 27.0. The Morgan fingerprint density at radius 1 is 0.842 bits per heavy atom. The van der Waals surface area contributed by atoms with Gasteiger partial charge >= 0.3 is 12.2 Å². The van der Waals surface area contributed by atoms with Crippen LogP contribution in [0.1, 0.15) is 5.56 Å². The van der Waals surface area contributed by atoms with Gasteiger partial charge in [-0.25, -0.2) is 13.6 Å². The number of rotatable bonds is 4. The number of anilines is 4. The molecular weight excluding hydrogens is 505 g/mol. The first-order valence-electron chi connectivity index (χ1n) is 11.2. The number of nitrogens with two attached hydrogens (primary N) is 1. The monoisotopic (exact) mass is 523 g/mol. The van der Waals surface area contributed by atoms with Crippen molar-refractivity contribution in [3.63, 3.8) is 0 Å². The fourth-order valence-corrected chi connectivity index (χ4v) is 4.14. The highest BCUT2D eigenvalue weighted by molar-refractivity contribution is 6.07. The molecule has 0 saturated heterocycles. The average molecular weight is 523 g/mol. The van der Waals surface area contributed by atoms with Gasteiger partial charge in [-0.2, -0.15) is 18.3 Å². The molecule has 6 nitrogen and oxygen atoms in total. The predicted octanol–water partition coefficient (Wildman–Crippen LogP) is 7.48. The molecule has 4 aromatic carbocycles. The molecule has 1 aromatic heterocycles. The zero-order valence-electron chi connectivity index (χ0n) is 19.4. The number of alkyl halides is 3. The summed E-state index contributed by atoms with van der Waals surface area (Å²) in [5.41, 5.74) is 5.87. The minimum absolute atomic E-state index is 0.0976. The Balaban J connectivity index is 1.54. The molecule has 2 amide bonds. The number of carbonyl (C=O) groups excluding carboxylic acids is 1. The molecule has 192 valence electrons. The lowest BCUT2D eigenvalue weighted by atomic mass is 10.00.